The monoisotopic (exact) mass is 193 g/mol. The molecule has 0 aromatic heterocycles. The summed E-state index contributed by atoms with van der Waals surface area (Å²) < 4.78 is 13.2. The summed E-state index contributed by atoms with van der Waals surface area (Å²) in [5.74, 6) is 0.0166. The largest absolute Gasteiger partial charge is 0.235 e. The smallest absolute Gasteiger partial charge is 0.211 e. The number of hydrogen-bond acceptors (Lipinski definition) is 2. The fourth-order valence-electron chi connectivity index (χ4n) is 1.19. The predicted octanol–water partition coefficient (Wildman–Crippen LogP) is 2.78. The molecule has 0 N–H and O–H groups in total. The number of nitrogens with zero attached hydrogens (tertiary/aromatic N) is 1. The maximum Gasteiger partial charge on any atom is 0.235 e. The van der Waals surface area contributed by atoms with Crippen LogP contribution in [0.15, 0.2) is 23.2 Å². The van der Waals surface area contributed by atoms with E-state index in [1.165, 1.54) is 12.1 Å². The summed E-state index contributed by atoms with van der Waals surface area (Å²) in [5.41, 5.74) is 1.49. The first-order valence-corrected chi connectivity index (χ1v) is 4.47. The number of halogens is 1. The lowest BCUT2D eigenvalue weighted by Crippen LogP contribution is -1.93. The van der Waals surface area contributed by atoms with E-state index in [0.29, 0.717) is 11.5 Å². The third-order valence-corrected chi connectivity index (χ3v) is 2.05. The lowest BCUT2D eigenvalue weighted by molar-refractivity contribution is 0.561. The zero-order valence-corrected chi connectivity index (χ0v) is 8.25. The Morgan fingerprint density at radius 3 is 2.79 bits per heavy atom. The summed E-state index contributed by atoms with van der Waals surface area (Å²) in [4.78, 5) is 13.3. The highest BCUT2D eigenvalue weighted by Crippen LogP contribution is 2.18. The van der Waals surface area contributed by atoms with Crippen molar-refractivity contribution in [1.82, 2.24) is 0 Å². The van der Waals surface area contributed by atoms with Gasteiger partial charge in [0.05, 0.1) is 6.54 Å². The van der Waals surface area contributed by atoms with Crippen molar-refractivity contribution in [2.45, 2.75) is 26.3 Å². The fourth-order valence-corrected chi connectivity index (χ4v) is 1.19. The Hall–Kier alpha value is -1.47. The molecule has 1 rings (SSSR count). The third-order valence-electron chi connectivity index (χ3n) is 2.05. The number of hydrogen-bond donors (Lipinski definition) is 0. The maximum atomic E-state index is 13.2. The van der Waals surface area contributed by atoms with Gasteiger partial charge in [-0.3, -0.25) is 0 Å². The van der Waals surface area contributed by atoms with Gasteiger partial charge in [-0.25, -0.2) is 14.2 Å². The van der Waals surface area contributed by atoms with E-state index < -0.39 is 0 Å². The van der Waals surface area contributed by atoms with E-state index in [0.717, 1.165) is 5.56 Å². The van der Waals surface area contributed by atoms with E-state index in [1.54, 1.807) is 12.1 Å². The number of rotatable bonds is 3. The zero-order valence-electron chi connectivity index (χ0n) is 8.25. The van der Waals surface area contributed by atoms with Gasteiger partial charge in [0.1, 0.15) is 5.82 Å². The Morgan fingerprint density at radius 2 is 2.21 bits per heavy atom. The minimum absolute atomic E-state index is 0.0654. The van der Waals surface area contributed by atoms with Crippen molar-refractivity contribution in [2.24, 2.45) is 4.99 Å². The van der Waals surface area contributed by atoms with Crippen molar-refractivity contribution in [2.75, 3.05) is 0 Å². The van der Waals surface area contributed by atoms with Gasteiger partial charge in [0.2, 0.25) is 6.08 Å². The lowest BCUT2D eigenvalue weighted by Gasteiger charge is -2.07. The molecule has 14 heavy (non-hydrogen) atoms. The van der Waals surface area contributed by atoms with E-state index in [1.807, 2.05) is 13.8 Å². The Labute approximate surface area is 82.5 Å². The van der Waals surface area contributed by atoms with Crippen LogP contribution in [0.4, 0.5) is 4.39 Å². The van der Waals surface area contributed by atoms with Gasteiger partial charge in [-0.1, -0.05) is 26.0 Å². The van der Waals surface area contributed by atoms with Gasteiger partial charge in [0, 0.05) is 5.56 Å². The third kappa shape index (κ3) is 2.51. The molecule has 0 fully saturated rings. The van der Waals surface area contributed by atoms with Crippen LogP contribution in [0.5, 0.6) is 0 Å². The normalized spacial score (nSPS) is 10.0. The fraction of sp³-hybridized carbons (Fsp3) is 0.364. The zero-order chi connectivity index (χ0) is 10.6. The standard InChI is InChI=1S/C11H12FNO/c1-8(2)9-3-4-11(12)10(5-9)6-13-7-14/h3-5,8H,6H2,1-2H3. The molecule has 3 heteroatoms. The van der Waals surface area contributed by atoms with E-state index in [9.17, 15) is 9.18 Å². The van der Waals surface area contributed by atoms with Crippen LogP contribution >= 0.6 is 0 Å². The molecule has 0 aliphatic heterocycles. The first kappa shape index (κ1) is 10.6. The van der Waals surface area contributed by atoms with Crippen LogP contribution in [0.3, 0.4) is 0 Å². The molecule has 0 aliphatic carbocycles. The van der Waals surface area contributed by atoms with Crippen molar-refractivity contribution >= 4 is 6.08 Å². The van der Waals surface area contributed by atoms with E-state index in [-0.39, 0.29) is 12.4 Å². The van der Waals surface area contributed by atoms with E-state index in [4.69, 9.17) is 0 Å². The summed E-state index contributed by atoms with van der Waals surface area (Å²) in [6.07, 6.45) is 1.40. The Morgan fingerprint density at radius 1 is 1.50 bits per heavy atom. The number of isocyanates is 1. The molecule has 74 valence electrons. The molecule has 0 amide bonds. The van der Waals surface area contributed by atoms with Gasteiger partial charge in [-0.15, -0.1) is 0 Å². The Kier molecular flexibility index (Phi) is 3.55. The minimum Gasteiger partial charge on any atom is -0.211 e. The van der Waals surface area contributed by atoms with Crippen LogP contribution in [-0.4, -0.2) is 6.08 Å². The van der Waals surface area contributed by atoms with Crippen LogP contribution in [0.1, 0.15) is 30.9 Å². The van der Waals surface area contributed by atoms with Crippen LogP contribution in [0, 0.1) is 5.82 Å². The van der Waals surface area contributed by atoms with Crippen LogP contribution in [0.25, 0.3) is 0 Å². The molecule has 0 heterocycles. The van der Waals surface area contributed by atoms with Crippen molar-refractivity contribution in [3.8, 4) is 0 Å². The molecule has 2 nitrogen and oxygen atoms in total. The molecular formula is C11H12FNO. The highest BCUT2D eigenvalue weighted by Gasteiger charge is 2.05. The van der Waals surface area contributed by atoms with Gasteiger partial charge < -0.3 is 0 Å². The molecule has 0 spiro atoms. The Balaban J connectivity index is 3.01. The van der Waals surface area contributed by atoms with Gasteiger partial charge in [-0.2, -0.15) is 0 Å². The summed E-state index contributed by atoms with van der Waals surface area (Å²) in [7, 11) is 0. The molecule has 0 unspecified atom stereocenters. The van der Waals surface area contributed by atoms with Crippen LogP contribution < -0.4 is 0 Å². The van der Waals surface area contributed by atoms with Crippen molar-refractivity contribution in [1.29, 1.82) is 0 Å². The number of benzene rings is 1. The second kappa shape index (κ2) is 4.68. The molecule has 0 radical (unpaired) electrons. The van der Waals surface area contributed by atoms with Gasteiger partial charge in [0.25, 0.3) is 0 Å². The molecule has 0 aliphatic rings. The van der Waals surface area contributed by atoms with Crippen LogP contribution in [0.2, 0.25) is 0 Å². The quantitative estimate of drug-likeness (QED) is 0.536. The molecule has 0 saturated carbocycles. The van der Waals surface area contributed by atoms with Gasteiger partial charge in [0.15, 0.2) is 0 Å². The first-order valence-electron chi connectivity index (χ1n) is 4.47. The molecule has 0 saturated heterocycles. The summed E-state index contributed by atoms with van der Waals surface area (Å²) in [6.45, 7) is 4.12. The highest BCUT2D eigenvalue weighted by atomic mass is 19.1. The highest BCUT2D eigenvalue weighted by molar-refractivity contribution is 5.34. The molecule has 1 aromatic rings. The van der Waals surface area contributed by atoms with Crippen LogP contribution in [-0.2, 0) is 11.3 Å². The average Bonchev–Trinajstić information content (AvgIpc) is 2.16. The number of carbonyl (C=O) groups excluding carboxylic acids is 1. The van der Waals surface area contributed by atoms with Crippen molar-refractivity contribution in [3.63, 3.8) is 0 Å². The predicted molar refractivity (Wildman–Crippen MR) is 52.3 cm³/mol. The minimum atomic E-state index is -0.326. The summed E-state index contributed by atoms with van der Waals surface area (Å²) >= 11 is 0. The second-order valence-electron chi connectivity index (χ2n) is 3.41. The molecule has 0 bridgehead atoms. The topological polar surface area (TPSA) is 29.4 Å². The summed E-state index contributed by atoms with van der Waals surface area (Å²) in [6, 6.07) is 4.89. The number of aliphatic imine (C=N–C) groups is 1. The molecular weight excluding hydrogens is 181 g/mol. The SMILES string of the molecule is CC(C)c1ccc(F)c(CN=C=O)c1. The van der Waals surface area contributed by atoms with E-state index >= 15 is 0 Å². The lowest BCUT2D eigenvalue weighted by atomic mass is 10.0. The summed E-state index contributed by atoms with van der Waals surface area (Å²) in [5, 5.41) is 0. The maximum absolute atomic E-state index is 13.2. The van der Waals surface area contributed by atoms with Gasteiger partial charge in [-0.05, 0) is 17.5 Å². The van der Waals surface area contributed by atoms with Crippen molar-refractivity contribution in [3.05, 3.63) is 35.1 Å². The molecule has 0 atom stereocenters. The first-order chi connectivity index (χ1) is 6.65. The van der Waals surface area contributed by atoms with Crippen molar-refractivity contribution < 1.29 is 9.18 Å². The Bertz CT molecular complexity index is 368. The average molecular weight is 193 g/mol. The molecule has 1 aromatic carbocycles. The van der Waals surface area contributed by atoms with Gasteiger partial charge >= 0.3 is 0 Å². The second-order valence-corrected chi connectivity index (χ2v) is 3.41. The van der Waals surface area contributed by atoms with E-state index in [2.05, 4.69) is 4.99 Å².